The SMILES string of the molecule is CC(C)C[C@H](NC(=O)[C@H](Cc1ccc(O)cc1)NC(=O)[C@H](C)NC(=O)[C@H](C)N)C(=O)N[C@@H](CC(C)C)C(=O)N1CCC[C@H]1C(=O)NCCCNc1cccc2c1C(=O)c1ccccc1C2=O.O=C(O)C(F)(F)F. The molecule has 0 spiro atoms. The zero-order valence-electron chi connectivity index (χ0n) is 41.6. The molecule has 1 aliphatic heterocycles. The molecule has 1 saturated heterocycles. The van der Waals surface area contributed by atoms with Gasteiger partial charge in [-0.1, -0.05) is 76.2 Å². The molecule has 3 aromatic carbocycles. The number of hydrogen-bond acceptors (Lipinski definition) is 12. The fraction of sp³-hybridized carbons (Fsp3) is 0.471. The molecule has 396 valence electrons. The number of aliphatic carboxylic acids is 1. The van der Waals surface area contributed by atoms with E-state index in [0.29, 0.717) is 65.9 Å². The number of carboxylic acids is 1. The van der Waals surface area contributed by atoms with Crippen molar-refractivity contribution in [2.45, 2.75) is 122 Å². The second kappa shape index (κ2) is 26.4. The van der Waals surface area contributed by atoms with Crippen molar-refractivity contribution in [2.24, 2.45) is 17.6 Å². The Balaban J connectivity index is 0.00000153. The van der Waals surface area contributed by atoms with Crippen LogP contribution >= 0.6 is 0 Å². The van der Waals surface area contributed by atoms with E-state index in [1.54, 1.807) is 54.6 Å². The van der Waals surface area contributed by atoms with Gasteiger partial charge in [0.05, 0.1) is 11.6 Å². The Hall–Kier alpha value is -7.36. The van der Waals surface area contributed by atoms with E-state index in [4.69, 9.17) is 15.6 Å². The lowest BCUT2D eigenvalue weighted by molar-refractivity contribution is -0.192. The number of aromatic hydroxyl groups is 1. The number of alkyl halides is 3. The number of benzene rings is 3. The van der Waals surface area contributed by atoms with Crippen LogP contribution in [0.2, 0.25) is 0 Å². The maximum Gasteiger partial charge on any atom is 0.490 e. The predicted octanol–water partition coefficient (Wildman–Crippen LogP) is 3.35. The Morgan fingerprint density at radius 2 is 1.25 bits per heavy atom. The van der Waals surface area contributed by atoms with E-state index >= 15 is 0 Å². The van der Waals surface area contributed by atoms with E-state index in [1.165, 1.54) is 30.9 Å². The number of nitrogens with one attached hydrogen (secondary N) is 6. The maximum absolute atomic E-state index is 14.3. The zero-order chi connectivity index (χ0) is 54.3. The normalized spacial score (nSPS) is 16.1. The molecule has 6 atom stereocenters. The molecule has 0 unspecified atom stereocenters. The third-order valence-corrected chi connectivity index (χ3v) is 11.8. The first-order valence-corrected chi connectivity index (χ1v) is 24.0. The smallest absolute Gasteiger partial charge is 0.490 e. The largest absolute Gasteiger partial charge is 0.508 e. The standard InChI is InChI=1S/C49H64N8O9.C2HF3O2/c1-27(2)24-37(55-47(64)38(26-31-17-19-32(58)20-18-31)54-45(62)30(6)53-44(61)29(5)50)46(63)56-39(25-28(3)4)49(66)57-23-10-16-40(57)48(65)52-22-11-21-51-36-15-9-14-35-41(36)43(60)34-13-8-7-12-33(34)42(35)59;3-2(4,5)1(6)7/h7-9,12-15,17-20,27-30,37-40,51,58H,10-11,16,21-26,50H2,1-6H3,(H,52,65)(H,53,61)(H,54,62)(H,55,64)(H,56,63);(H,6,7)/t29-,30-,37-,38-,39-,40-;/m0./s1. The quantitative estimate of drug-likeness (QED) is 0.0542. The molecule has 10 N–H and O–H groups in total. The average molecular weight is 1020 g/mol. The number of nitrogens with two attached hydrogens (primary N) is 1. The minimum absolute atomic E-state index is 0.00902. The minimum Gasteiger partial charge on any atom is -0.508 e. The number of phenols is 1. The molecular formula is C51H65F3N8O11. The molecule has 0 bridgehead atoms. The summed E-state index contributed by atoms with van der Waals surface area (Å²) in [6, 6.07) is 11.9. The van der Waals surface area contributed by atoms with Crippen molar-refractivity contribution in [1.82, 2.24) is 31.5 Å². The second-order valence-corrected chi connectivity index (χ2v) is 18.8. The molecule has 22 heteroatoms. The lowest BCUT2D eigenvalue weighted by atomic mass is 9.83. The van der Waals surface area contributed by atoms with E-state index in [-0.39, 0.29) is 60.9 Å². The molecule has 73 heavy (non-hydrogen) atoms. The van der Waals surface area contributed by atoms with Crippen LogP contribution < -0.4 is 37.6 Å². The second-order valence-electron chi connectivity index (χ2n) is 18.8. The van der Waals surface area contributed by atoms with Gasteiger partial charge < -0.3 is 52.7 Å². The number of ketones is 2. The van der Waals surface area contributed by atoms with Crippen molar-refractivity contribution < 1.29 is 66.5 Å². The highest BCUT2D eigenvalue weighted by atomic mass is 19.4. The summed E-state index contributed by atoms with van der Waals surface area (Å²) >= 11 is 0. The van der Waals surface area contributed by atoms with Crippen LogP contribution in [0.1, 0.15) is 111 Å². The van der Waals surface area contributed by atoms with Gasteiger partial charge in [0, 0.05) is 48.4 Å². The molecule has 6 amide bonds. The molecule has 2 aliphatic rings. The Bertz CT molecular complexity index is 2500. The summed E-state index contributed by atoms with van der Waals surface area (Å²) in [5.74, 6) is -6.56. The zero-order valence-corrected chi connectivity index (χ0v) is 41.6. The maximum atomic E-state index is 14.3. The van der Waals surface area contributed by atoms with Crippen LogP contribution in [0, 0.1) is 11.8 Å². The Kier molecular flexibility index (Phi) is 21.0. The van der Waals surface area contributed by atoms with Gasteiger partial charge >= 0.3 is 12.1 Å². The van der Waals surface area contributed by atoms with Crippen molar-refractivity contribution in [3.8, 4) is 5.75 Å². The van der Waals surface area contributed by atoms with E-state index in [0.717, 1.165) is 0 Å². The fourth-order valence-corrected chi connectivity index (χ4v) is 8.16. The Morgan fingerprint density at radius 3 is 1.84 bits per heavy atom. The van der Waals surface area contributed by atoms with Crippen LogP contribution in [0.3, 0.4) is 0 Å². The number of carboxylic acid groups (broad SMARTS) is 1. The van der Waals surface area contributed by atoms with Crippen LogP contribution in [0.25, 0.3) is 0 Å². The number of nitrogens with zero attached hydrogens (tertiary/aromatic N) is 1. The van der Waals surface area contributed by atoms with Gasteiger partial charge in [-0.2, -0.15) is 13.2 Å². The number of hydrogen-bond donors (Lipinski definition) is 9. The van der Waals surface area contributed by atoms with Gasteiger partial charge in [-0.05, 0) is 81.5 Å². The highest BCUT2D eigenvalue weighted by molar-refractivity contribution is 6.30. The predicted molar refractivity (Wildman–Crippen MR) is 262 cm³/mol. The highest BCUT2D eigenvalue weighted by Gasteiger charge is 2.40. The summed E-state index contributed by atoms with van der Waals surface area (Å²) in [7, 11) is 0. The molecule has 19 nitrogen and oxygen atoms in total. The van der Waals surface area contributed by atoms with E-state index in [9.17, 15) is 56.6 Å². The summed E-state index contributed by atoms with van der Waals surface area (Å²) in [6.07, 6.45) is -3.16. The number of likely N-dealkylation sites (tertiary alicyclic amines) is 1. The van der Waals surface area contributed by atoms with Gasteiger partial charge in [-0.3, -0.25) is 38.4 Å². The van der Waals surface area contributed by atoms with Crippen molar-refractivity contribution in [2.75, 3.05) is 25.0 Å². The van der Waals surface area contributed by atoms with Crippen LogP contribution in [0.15, 0.2) is 66.7 Å². The fourth-order valence-electron chi connectivity index (χ4n) is 8.16. The number of carbonyl (C=O) groups excluding carboxylic acids is 8. The number of halogens is 3. The summed E-state index contributed by atoms with van der Waals surface area (Å²) in [6.45, 7) is 11.5. The molecule has 0 aromatic heterocycles. The van der Waals surface area contributed by atoms with Gasteiger partial charge in [-0.25, -0.2) is 4.79 Å². The molecular weight excluding hydrogens is 958 g/mol. The van der Waals surface area contributed by atoms with Crippen LogP contribution in [0.4, 0.5) is 18.9 Å². The number of anilines is 1. The molecule has 1 fully saturated rings. The lowest BCUT2D eigenvalue weighted by Gasteiger charge is -2.31. The lowest BCUT2D eigenvalue weighted by Crippen LogP contribution is -2.59. The number of amides is 6. The van der Waals surface area contributed by atoms with Gasteiger partial charge in [0.2, 0.25) is 35.4 Å². The monoisotopic (exact) mass is 1020 g/mol. The van der Waals surface area contributed by atoms with Crippen molar-refractivity contribution in [1.29, 1.82) is 0 Å². The molecule has 3 aromatic rings. The Morgan fingerprint density at radius 1 is 0.699 bits per heavy atom. The number of phenolic OH excluding ortho intramolecular Hbond substituents is 1. The van der Waals surface area contributed by atoms with E-state index in [2.05, 4.69) is 31.9 Å². The molecule has 0 saturated carbocycles. The molecule has 0 radical (unpaired) electrons. The van der Waals surface area contributed by atoms with Gasteiger partial charge in [0.15, 0.2) is 11.6 Å². The Labute approximate surface area is 421 Å². The first kappa shape index (κ1) is 58.2. The van der Waals surface area contributed by atoms with Crippen molar-refractivity contribution in [3.63, 3.8) is 0 Å². The molecule has 5 rings (SSSR count). The third kappa shape index (κ3) is 16.6. The summed E-state index contributed by atoms with van der Waals surface area (Å²) in [5.41, 5.74) is 8.18. The third-order valence-electron chi connectivity index (χ3n) is 11.8. The number of carbonyl (C=O) groups is 9. The van der Waals surface area contributed by atoms with Gasteiger partial charge in [0.1, 0.15) is 36.0 Å². The first-order chi connectivity index (χ1) is 34.3. The van der Waals surface area contributed by atoms with Gasteiger partial charge in [0.25, 0.3) is 0 Å². The summed E-state index contributed by atoms with van der Waals surface area (Å²) in [5, 5.41) is 34.0. The molecule has 1 aliphatic carbocycles. The first-order valence-electron chi connectivity index (χ1n) is 24.0. The topological polar surface area (TPSA) is 296 Å². The van der Waals surface area contributed by atoms with Crippen molar-refractivity contribution >= 4 is 58.7 Å². The van der Waals surface area contributed by atoms with E-state index < -0.39 is 77.9 Å². The van der Waals surface area contributed by atoms with Gasteiger partial charge in [-0.15, -0.1) is 0 Å². The number of rotatable bonds is 21. The van der Waals surface area contributed by atoms with Crippen molar-refractivity contribution in [3.05, 3.63) is 94.5 Å². The van der Waals surface area contributed by atoms with Crippen LogP contribution in [0.5, 0.6) is 5.75 Å². The van der Waals surface area contributed by atoms with Crippen LogP contribution in [-0.2, 0) is 40.0 Å². The van der Waals surface area contributed by atoms with Crippen LogP contribution in [-0.4, -0.2) is 130 Å². The highest BCUT2D eigenvalue weighted by Crippen LogP contribution is 2.32. The van der Waals surface area contributed by atoms with E-state index in [1.807, 2.05) is 27.7 Å². The molecule has 1 heterocycles. The average Bonchev–Trinajstić information content (AvgIpc) is 3.83. The summed E-state index contributed by atoms with van der Waals surface area (Å²) < 4.78 is 31.7. The summed E-state index contributed by atoms with van der Waals surface area (Å²) in [4.78, 5) is 119. The number of fused-ring (bicyclic) bond motifs is 2. The minimum atomic E-state index is -5.08.